The van der Waals surface area contributed by atoms with Crippen LogP contribution in [0.4, 0.5) is 0 Å². The minimum Gasteiger partial charge on any atom is -0.380 e. The molecular formula is C12H22N2O2. The second-order valence-electron chi connectivity index (χ2n) is 4.93. The second kappa shape index (κ2) is 5.64. The number of amides is 1. The maximum atomic E-state index is 11.8. The quantitative estimate of drug-likeness (QED) is 0.724. The molecule has 0 aromatic rings. The van der Waals surface area contributed by atoms with Crippen LogP contribution in [-0.4, -0.2) is 38.3 Å². The number of hydrogen-bond acceptors (Lipinski definition) is 3. The van der Waals surface area contributed by atoms with E-state index in [9.17, 15) is 4.79 Å². The largest absolute Gasteiger partial charge is 0.380 e. The van der Waals surface area contributed by atoms with E-state index in [1.807, 2.05) is 0 Å². The zero-order chi connectivity index (χ0) is 11.4. The van der Waals surface area contributed by atoms with Gasteiger partial charge in [0.15, 0.2) is 0 Å². The van der Waals surface area contributed by atoms with Gasteiger partial charge in [-0.25, -0.2) is 0 Å². The molecule has 2 unspecified atom stereocenters. The van der Waals surface area contributed by atoms with Crippen LogP contribution in [0, 0.1) is 5.92 Å². The van der Waals surface area contributed by atoms with Crippen LogP contribution in [-0.2, 0) is 9.53 Å². The Labute approximate surface area is 97.1 Å². The Hall–Kier alpha value is -0.610. The number of rotatable bonds is 5. The van der Waals surface area contributed by atoms with Crippen molar-refractivity contribution in [3.63, 3.8) is 0 Å². The number of methoxy groups -OCH3 is 1. The highest BCUT2D eigenvalue weighted by molar-refractivity contribution is 5.82. The fourth-order valence-electron chi connectivity index (χ4n) is 2.39. The zero-order valence-electron chi connectivity index (χ0n) is 10.00. The van der Waals surface area contributed by atoms with Crippen LogP contribution in [0.1, 0.15) is 32.1 Å². The predicted molar refractivity (Wildman–Crippen MR) is 62.2 cm³/mol. The summed E-state index contributed by atoms with van der Waals surface area (Å²) in [5.74, 6) is 1.00. The van der Waals surface area contributed by atoms with E-state index < -0.39 is 0 Å². The Bertz CT molecular complexity index is 241. The summed E-state index contributed by atoms with van der Waals surface area (Å²) in [6, 6.07) is -0.0497. The Morgan fingerprint density at radius 2 is 2.31 bits per heavy atom. The summed E-state index contributed by atoms with van der Waals surface area (Å²) >= 11 is 0. The van der Waals surface area contributed by atoms with Crippen LogP contribution in [0.25, 0.3) is 0 Å². The molecule has 0 aromatic carbocycles. The van der Waals surface area contributed by atoms with Crippen LogP contribution in [0.5, 0.6) is 0 Å². The minimum atomic E-state index is -0.0497. The van der Waals surface area contributed by atoms with Crippen LogP contribution in [0.3, 0.4) is 0 Å². The summed E-state index contributed by atoms with van der Waals surface area (Å²) in [4.78, 5) is 11.8. The molecule has 16 heavy (non-hydrogen) atoms. The molecule has 2 atom stereocenters. The van der Waals surface area contributed by atoms with Gasteiger partial charge in [-0.1, -0.05) is 19.3 Å². The highest BCUT2D eigenvalue weighted by Gasteiger charge is 2.29. The normalized spacial score (nSPS) is 30.1. The number of carbonyl (C=O) groups is 1. The molecule has 2 aliphatic rings. The van der Waals surface area contributed by atoms with Crippen LogP contribution >= 0.6 is 0 Å². The predicted octanol–water partition coefficient (Wildman–Crippen LogP) is 0.670. The van der Waals surface area contributed by atoms with Crippen molar-refractivity contribution in [1.82, 2.24) is 10.6 Å². The third kappa shape index (κ3) is 2.95. The van der Waals surface area contributed by atoms with E-state index in [2.05, 4.69) is 10.6 Å². The topological polar surface area (TPSA) is 50.4 Å². The van der Waals surface area contributed by atoms with E-state index in [1.54, 1.807) is 7.11 Å². The van der Waals surface area contributed by atoms with Crippen molar-refractivity contribution in [2.24, 2.45) is 5.92 Å². The molecule has 1 amide bonds. The smallest absolute Gasteiger partial charge is 0.237 e. The molecule has 0 aromatic heterocycles. The molecule has 1 saturated heterocycles. The third-order valence-electron chi connectivity index (χ3n) is 3.82. The summed E-state index contributed by atoms with van der Waals surface area (Å²) in [7, 11) is 1.70. The van der Waals surface area contributed by atoms with Crippen LogP contribution in [0.2, 0.25) is 0 Å². The van der Waals surface area contributed by atoms with Gasteiger partial charge in [0.25, 0.3) is 0 Å². The van der Waals surface area contributed by atoms with E-state index in [1.165, 1.54) is 19.3 Å². The number of nitrogens with one attached hydrogen (secondary N) is 2. The van der Waals surface area contributed by atoms with Crippen molar-refractivity contribution in [3.05, 3.63) is 0 Å². The van der Waals surface area contributed by atoms with E-state index in [-0.39, 0.29) is 18.1 Å². The van der Waals surface area contributed by atoms with Gasteiger partial charge in [0.2, 0.25) is 5.91 Å². The summed E-state index contributed by atoms with van der Waals surface area (Å²) < 4.78 is 5.22. The molecule has 1 saturated carbocycles. The van der Waals surface area contributed by atoms with Gasteiger partial charge in [0.1, 0.15) is 0 Å². The van der Waals surface area contributed by atoms with Crippen molar-refractivity contribution < 1.29 is 9.53 Å². The monoisotopic (exact) mass is 226 g/mol. The van der Waals surface area contributed by atoms with Crippen molar-refractivity contribution >= 4 is 5.91 Å². The molecule has 0 bridgehead atoms. The first-order valence-electron chi connectivity index (χ1n) is 6.33. The molecule has 4 nitrogen and oxygen atoms in total. The molecule has 92 valence electrons. The van der Waals surface area contributed by atoms with Crippen LogP contribution < -0.4 is 10.6 Å². The lowest BCUT2D eigenvalue weighted by molar-refractivity contribution is -0.123. The average Bonchev–Trinajstić information content (AvgIpc) is 2.69. The molecule has 1 aliphatic heterocycles. The summed E-state index contributed by atoms with van der Waals surface area (Å²) in [6.45, 7) is 1.62. The van der Waals surface area contributed by atoms with Gasteiger partial charge < -0.3 is 15.4 Å². The highest BCUT2D eigenvalue weighted by atomic mass is 16.5. The van der Waals surface area contributed by atoms with Crippen LogP contribution in [0.15, 0.2) is 0 Å². The third-order valence-corrected chi connectivity index (χ3v) is 3.82. The summed E-state index contributed by atoms with van der Waals surface area (Å²) in [5, 5.41) is 6.20. The van der Waals surface area contributed by atoms with Gasteiger partial charge in [-0.2, -0.15) is 0 Å². The van der Waals surface area contributed by atoms with E-state index in [4.69, 9.17) is 4.74 Å². The Balaban J connectivity index is 1.60. The number of ether oxygens (including phenoxy) is 1. The average molecular weight is 226 g/mol. The first kappa shape index (κ1) is 11.9. The van der Waals surface area contributed by atoms with Crippen molar-refractivity contribution in [2.75, 3.05) is 20.2 Å². The first-order valence-corrected chi connectivity index (χ1v) is 6.33. The molecule has 1 aliphatic carbocycles. The van der Waals surface area contributed by atoms with Gasteiger partial charge in [-0.15, -0.1) is 0 Å². The van der Waals surface area contributed by atoms with Crippen molar-refractivity contribution in [2.45, 2.75) is 44.2 Å². The summed E-state index contributed by atoms with van der Waals surface area (Å²) in [6.07, 6.45) is 6.21. The number of carbonyl (C=O) groups excluding carboxylic acids is 1. The minimum absolute atomic E-state index is 0.0497. The van der Waals surface area contributed by atoms with E-state index in [0.717, 1.165) is 31.8 Å². The van der Waals surface area contributed by atoms with Crippen molar-refractivity contribution in [3.8, 4) is 0 Å². The maximum absolute atomic E-state index is 11.8. The molecule has 2 fully saturated rings. The van der Waals surface area contributed by atoms with Gasteiger partial charge in [0.05, 0.1) is 12.1 Å². The van der Waals surface area contributed by atoms with E-state index in [0.29, 0.717) is 0 Å². The SMILES string of the molecule is COC1CNC(C(=O)NCCC2CCC2)C1. The molecule has 4 heteroatoms. The van der Waals surface area contributed by atoms with E-state index >= 15 is 0 Å². The fraction of sp³-hybridized carbons (Fsp3) is 0.917. The second-order valence-corrected chi connectivity index (χ2v) is 4.93. The standard InChI is InChI=1S/C12H22N2O2/c1-16-10-7-11(14-8-10)12(15)13-6-5-9-3-2-4-9/h9-11,14H,2-8H2,1H3,(H,13,15). The Morgan fingerprint density at radius 3 is 2.88 bits per heavy atom. The van der Waals surface area contributed by atoms with Crippen molar-refractivity contribution in [1.29, 1.82) is 0 Å². The number of hydrogen-bond donors (Lipinski definition) is 2. The van der Waals surface area contributed by atoms with Gasteiger partial charge >= 0.3 is 0 Å². The molecule has 2 N–H and O–H groups in total. The van der Waals surface area contributed by atoms with Gasteiger partial charge in [0, 0.05) is 20.2 Å². The van der Waals surface area contributed by atoms with Gasteiger partial charge in [-0.05, 0) is 18.8 Å². The molecule has 1 heterocycles. The zero-order valence-corrected chi connectivity index (χ0v) is 10.00. The molecule has 2 rings (SSSR count). The fourth-order valence-corrected chi connectivity index (χ4v) is 2.39. The lowest BCUT2D eigenvalue weighted by Gasteiger charge is -2.25. The first-order chi connectivity index (χ1) is 7.79. The Kier molecular flexibility index (Phi) is 4.18. The van der Waals surface area contributed by atoms with Gasteiger partial charge in [-0.3, -0.25) is 4.79 Å². The summed E-state index contributed by atoms with van der Waals surface area (Å²) in [5.41, 5.74) is 0. The molecule has 0 spiro atoms. The molecular weight excluding hydrogens is 204 g/mol. The Morgan fingerprint density at radius 1 is 1.50 bits per heavy atom. The lowest BCUT2D eigenvalue weighted by atomic mass is 9.83. The lowest BCUT2D eigenvalue weighted by Crippen LogP contribution is -2.41. The highest BCUT2D eigenvalue weighted by Crippen LogP contribution is 2.28. The maximum Gasteiger partial charge on any atom is 0.237 e. The molecule has 0 radical (unpaired) electrons.